The van der Waals surface area contributed by atoms with Crippen LogP contribution >= 0.6 is 0 Å². The zero-order valence-electron chi connectivity index (χ0n) is 9.10. The summed E-state index contributed by atoms with van der Waals surface area (Å²) in [4.78, 5) is 10.2. The van der Waals surface area contributed by atoms with Crippen LogP contribution in [0.1, 0.15) is 32.1 Å². The summed E-state index contributed by atoms with van der Waals surface area (Å²) in [5.74, 6) is 0.406. The summed E-state index contributed by atoms with van der Waals surface area (Å²) in [5.41, 5.74) is 0. The molecule has 0 bridgehead atoms. The molecular weight excluding hydrogens is 228 g/mol. The van der Waals surface area contributed by atoms with Gasteiger partial charge in [-0.2, -0.15) is 0 Å². The van der Waals surface area contributed by atoms with E-state index in [4.69, 9.17) is 0 Å². The van der Waals surface area contributed by atoms with Gasteiger partial charge in [-0.1, -0.05) is 19.3 Å². The van der Waals surface area contributed by atoms with Crippen LogP contribution in [0.15, 0.2) is 0 Å². The van der Waals surface area contributed by atoms with Crippen molar-refractivity contribution < 1.29 is 48.6 Å². The maximum absolute atomic E-state index is 10.2. The second-order valence-corrected chi connectivity index (χ2v) is 2.53. The van der Waals surface area contributed by atoms with Crippen LogP contribution in [-0.2, 0) is 4.79 Å². The predicted molar refractivity (Wildman–Crippen MR) is 61.5 cm³/mol. The van der Waals surface area contributed by atoms with Gasteiger partial charge in [-0.3, -0.25) is 0 Å². The van der Waals surface area contributed by atoms with Gasteiger partial charge in [-0.05, 0) is 12.8 Å². The summed E-state index contributed by atoms with van der Waals surface area (Å²) in [5, 5.41) is 0. The monoisotopic (exact) mass is 256 g/mol. The first-order valence-corrected chi connectivity index (χ1v) is 3.39. The Morgan fingerprint density at radius 3 is 1.12 bits per heavy atom. The number of hydrogen-bond donors (Lipinski definition) is 0. The Bertz CT molecular complexity index is 83.9. The van der Waals surface area contributed by atoms with E-state index in [9.17, 15) is 4.79 Å². The van der Waals surface area contributed by atoms with Crippen LogP contribution in [0.25, 0.3) is 0 Å². The third-order valence-electron chi connectivity index (χ3n) is 1.84. The highest BCUT2D eigenvalue weighted by atomic mass is 16.1. The summed E-state index contributed by atoms with van der Waals surface area (Å²) in [7, 11) is 0. The number of hydrogen-bond acceptors (Lipinski definition) is 1. The smallest absolute Gasteiger partial charge is 0.123 e. The first-order chi connectivity index (χ1) is 3.93. The minimum atomic E-state index is 0. The van der Waals surface area contributed by atoms with E-state index >= 15 is 0 Å². The number of carbonyl (C=O) groups is 1. The van der Waals surface area contributed by atoms with E-state index in [2.05, 4.69) is 0 Å². The third kappa shape index (κ3) is 23.3. The molecule has 16 heavy (non-hydrogen) atoms. The molecule has 0 spiro atoms. The molecule has 9 heteroatoms. The standard InChI is InChI=1S/C7H12O.8H2O/c8-6-7-4-2-1-3-5-7;;;;;;;;/h6-7H,1-5H2;8*1H2. The Balaban J connectivity index is -0.0000000133. The molecule has 0 aromatic carbocycles. The van der Waals surface area contributed by atoms with Crippen LogP contribution in [0.4, 0.5) is 0 Å². The lowest BCUT2D eigenvalue weighted by Gasteiger charge is -2.14. The summed E-state index contributed by atoms with van der Waals surface area (Å²) in [6.45, 7) is 0. The molecule has 0 heterocycles. The van der Waals surface area contributed by atoms with Crippen LogP contribution in [-0.4, -0.2) is 50.1 Å². The second kappa shape index (κ2) is 36.7. The molecule has 16 N–H and O–H groups in total. The van der Waals surface area contributed by atoms with Crippen LogP contribution in [0.3, 0.4) is 0 Å². The molecule has 9 nitrogen and oxygen atoms in total. The number of rotatable bonds is 1. The Morgan fingerprint density at radius 2 is 0.938 bits per heavy atom. The van der Waals surface area contributed by atoms with E-state index in [0.717, 1.165) is 19.1 Å². The lowest BCUT2D eigenvalue weighted by atomic mass is 9.91. The Labute approximate surface area is 93.9 Å². The number of aldehydes is 1. The largest absolute Gasteiger partial charge is 0.412 e. The van der Waals surface area contributed by atoms with Crippen molar-refractivity contribution in [3.8, 4) is 0 Å². The van der Waals surface area contributed by atoms with Crippen molar-refractivity contribution in [3.63, 3.8) is 0 Å². The molecule has 0 radical (unpaired) electrons. The van der Waals surface area contributed by atoms with Crippen LogP contribution in [0.2, 0.25) is 0 Å². The van der Waals surface area contributed by atoms with Gasteiger partial charge in [0.05, 0.1) is 0 Å². The molecule has 0 aliphatic heterocycles. The maximum atomic E-state index is 10.2. The van der Waals surface area contributed by atoms with Crippen molar-refractivity contribution in [2.75, 3.05) is 0 Å². The van der Waals surface area contributed by atoms with Crippen LogP contribution in [0, 0.1) is 5.92 Å². The fourth-order valence-electron chi connectivity index (χ4n) is 1.27. The highest BCUT2D eigenvalue weighted by Gasteiger charge is 2.10. The molecule has 1 saturated carbocycles. The molecule has 1 aliphatic carbocycles. The maximum Gasteiger partial charge on any atom is 0.123 e. The van der Waals surface area contributed by atoms with Crippen molar-refractivity contribution in [1.29, 1.82) is 0 Å². The topological polar surface area (TPSA) is 269 Å². The normalized spacial score (nSPS) is 11.5. The minimum absolute atomic E-state index is 0. The summed E-state index contributed by atoms with van der Waals surface area (Å²) < 4.78 is 0. The first kappa shape index (κ1) is 58.5. The van der Waals surface area contributed by atoms with E-state index in [0.29, 0.717) is 5.92 Å². The SMILES string of the molecule is O.O.O.O.O.O.O.O.O=CC1CCCCC1. The first-order valence-electron chi connectivity index (χ1n) is 3.39. The van der Waals surface area contributed by atoms with E-state index in [1.807, 2.05) is 0 Å². The fourth-order valence-corrected chi connectivity index (χ4v) is 1.27. The van der Waals surface area contributed by atoms with Gasteiger partial charge >= 0.3 is 0 Å². The highest BCUT2D eigenvalue weighted by molar-refractivity contribution is 5.53. The van der Waals surface area contributed by atoms with Gasteiger partial charge in [-0.15, -0.1) is 0 Å². The zero-order chi connectivity index (χ0) is 5.82. The van der Waals surface area contributed by atoms with Crippen molar-refractivity contribution >= 4 is 6.29 Å². The van der Waals surface area contributed by atoms with E-state index in [1.54, 1.807) is 0 Å². The van der Waals surface area contributed by atoms with E-state index < -0.39 is 0 Å². The van der Waals surface area contributed by atoms with Crippen LogP contribution in [0.5, 0.6) is 0 Å². The zero-order valence-corrected chi connectivity index (χ0v) is 9.10. The van der Waals surface area contributed by atoms with Gasteiger partial charge < -0.3 is 48.6 Å². The Hall–Kier alpha value is -0.650. The molecule has 0 aromatic rings. The van der Waals surface area contributed by atoms with Gasteiger partial charge in [0.25, 0.3) is 0 Å². The van der Waals surface area contributed by atoms with E-state index in [1.165, 1.54) is 19.3 Å². The third-order valence-corrected chi connectivity index (χ3v) is 1.84. The van der Waals surface area contributed by atoms with Gasteiger partial charge in [-0.25, -0.2) is 0 Å². The molecule has 1 aliphatic rings. The predicted octanol–water partition coefficient (Wildman–Crippen LogP) is -4.83. The lowest BCUT2D eigenvalue weighted by molar-refractivity contribution is -0.111. The molecule has 0 unspecified atom stereocenters. The molecule has 0 saturated heterocycles. The van der Waals surface area contributed by atoms with Crippen molar-refractivity contribution in [1.82, 2.24) is 0 Å². The number of carbonyl (C=O) groups excluding carboxylic acids is 1. The van der Waals surface area contributed by atoms with Gasteiger partial charge in [0.1, 0.15) is 6.29 Å². The quantitative estimate of drug-likeness (QED) is 0.410. The summed E-state index contributed by atoms with van der Waals surface area (Å²) in [6, 6.07) is 0. The highest BCUT2D eigenvalue weighted by Crippen LogP contribution is 2.21. The molecule has 0 atom stereocenters. The summed E-state index contributed by atoms with van der Waals surface area (Å²) >= 11 is 0. The average Bonchev–Trinajstić information content (AvgIpc) is 1.90. The van der Waals surface area contributed by atoms with Gasteiger partial charge in [0.15, 0.2) is 0 Å². The Morgan fingerprint density at radius 1 is 0.625 bits per heavy atom. The molecule has 110 valence electrons. The fraction of sp³-hybridized carbons (Fsp3) is 0.857. The van der Waals surface area contributed by atoms with Gasteiger partial charge in [0.2, 0.25) is 0 Å². The molecular formula is C7H28O9. The van der Waals surface area contributed by atoms with Crippen LogP contribution < -0.4 is 0 Å². The van der Waals surface area contributed by atoms with Crippen molar-refractivity contribution in [2.24, 2.45) is 5.92 Å². The molecule has 0 amide bonds. The molecule has 1 fully saturated rings. The lowest BCUT2D eigenvalue weighted by Crippen LogP contribution is -2.06. The molecule has 0 aromatic heterocycles. The van der Waals surface area contributed by atoms with E-state index in [-0.39, 0.29) is 43.8 Å². The van der Waals surface area contributed by atoms with Gasteiger partial charge in [0, 0.05) is 5.92 Å². The summed E-state index contributed by atoms with van der Waals surface area (Å²) in [6.07, 6.45) is 7.27. The molecule has 1 rings (SSSR count). The minimum Gasteiger partial charge on any atom is -0.412 e. The second-order valence-electron chi connectivity index (χ2n) is 2.53. The Kier molecular flexibility index (Phi) is 134. The van der Waals surface area contributed by atoms with Crippen molar-refractivity contribution in [2.45, 2.75) is 32.1 Å². The average molecular weight is 256 g/mol. The van der Waals surface area contributed by atoms with Crippen molar-refractivity contribution in [3.05, 3.63) is 0 Å².